The molecule has 1 N–H and O–H groups in total. The first kappa shape index (κ1) is 13.3. The van der Waals surface area contributed by atoms with Crippen molar-refractivity contribution in [3.05, 3.63) is 48.3 Å². The van der Waals surface area contributed by atoms with Crippen LogP contribution in [-0.2, 0) is 6.54 Å². The van der Waals surface area contributed by atoms with Gasteiger partial charge in [0.25, 0.3) is 0 Å². The Kier molecular flexibility index (Phi) is 3.31. The predicted molar refractivity (Wildman–Crippen MR) is 82.7 cm³/mol. The maximum Gasteiger partial charge on any atom is 0.317 e. The lowest BCUT2D eigenvalue weighted by molar-refractivity contribution is 0.0578. The zero-order valence-corrected chi connectivity index (χ0v) is 12.4. The zero-order valence-electron chi connectivity index (χ0n) is 12.4. The SMILES string of the molecule is O=C1NCCN1C1CN(Cc2ccn(-c3ccccc3)n2)C1. The molecule has 0 atom stereocenters. The van der Waals surface area contributed by atoms with Crippen LogP contribution in [0.25, 0.3) is 5.69 Å². The summed E-state index contributed by atoms with van der Waals surface area (Å²) in [6.07, 6.45) is 2.00. The lowest BCUT2D eigenvalue weighted by Crippen LogP contribution is -2.59. The summed E-state index contributed by atoms with van der Waals surface area (Å²) in [6, 6.07) is 12.6. The largest absolute Gasteiger partial charge is 0.336 e. The molecule has 0 unspecified atom stereocenters. The number of benzene rings is 1. The number of nitrogens with zero attached hydrogens (tertiary/aromatic N) is 4. The molecule has 22 heavy (non-hydrogen) atoms. The molecule has 0 bridgehead atoms. The summed E-state index contributed by atoms with van der Waals surface area (Å²) in [5.74, 6) is 0. The lowest BCUT2D eigenvalue weighted by atomic mass is 10.1. The monoisotopic (exact) mass is 297 g/mol. The van der Waals surface area contributed by atoms with E-state index >= 15 is 0 Å². The average molecular weight is 297 g/mol. The van der Waals surface area contributed by atoms with E-state index < -0.39 is 0 Å². The van der Waals surface area contributed by atoms with Crippen LogP contribution in [-0.4, -0.2) is 57.8 Å². The van der Waals surface area contributed by atoms with E-state index in [1.54, 1.807) is 0 Å². The molecule has 0 spiro atoms. The fourth-order valence-corrected chi connectivity index (χ4v) is 3.10. The molecule has 2 amide bonds. The normalized spacial score (nSPS) is 19.3. The van der Waals surface area contributed by atoms with Gasteiger partial charge in [0.15, 0.2) is 0 Å². The Labute approximate surface area is 129 Å². The summed E-state index contributed by atoms with van der Waals surface area (Å²) in [5, 5.41) is 7.48. The third kappa shape index (κ3) is 2.46. The first-order chi connectivity index (χ1) is 10.8. The highest BCUT2D eigenvalue weighted by Crippen LogP contribution is 2.19. The van der Waals surface area contributed by atoms with Crippen LogP contribution in [0.15, 0.2) is 42.6 Å². The molecule has 114 valence electrons. The van der Waals surface area contributed by atoms with Gasteiger partial charge in [-0.2, -0.15) is 5.10 Å². The molecule has 4 rings (SSSR count). The minimum Gasteiger partial charge on any atom is -0.336 e. The molecular weight excluding hydrogens is 278 g/mol. The van der Waals surface area contributed by atoms with Crippen LogP contribution in [0.1, 0.15) is 5.69 Å². The number of likely N-dealkylation sites (tertiary alicyclic amines) is 1. The second kappa shape index (κ2) is 5.46. The number of carbonyl (C=O) groups is 1. The van der Waals surface area contributed by atoms with E-state index in [4.69, 9.17) is 0 Å². The Morgan fingerprint density at radius 1 is 1.18 bits per heavy atom. The summed E-state index contributed by atoms with van der Waals surface area (Å²) in [7, 11) is 0. The third-order valence-corrected chi connectivity index (χ3v) is 4.32. The fraction of sp³-hybridized carbons (Fsp3) is 0.375. The number of urea groups is 1. The van der Waals surface area contributed by atoms with Crippen molar-refractivity contribution in [1.82, 2.24) is 24.9 Å². The number of nitrogens with one attached hydrogen (secondary N) is 1. The molecule has 1 aromatic heterocycles. The number of aromatic nitrogens is 2. The van der Waals surface area contributed by atoms with Crippen LogP contribution in [0.4, 0.5) is 4.79 Å². The van der Waals surface area contributed by atoms with Crippen molar-refractivity contribution in [2.24, 2.45) is 0 Å². The molecular formula is C16H19N5O. The van der Waals surface area contributed by atoms with Crippen molar-refractivity contribution in [2.45, 2.75) is 12.6 Å². The molecule has 0 saturated carbocycles. The fourth-order valence-electron chi connectivity index (χ4n) is 3.10. The quantitative estimate of drug-likeness (QED) is 0.919. The van der Waals surface area contributed by atoms with Crippen molar-refractivity contribution in [1.29, 1.82) is 0 Å². The average Bonchev–Trinajstić information content (AvgIpc) is 3.13. The Morgan fingerprint density at radius 3 is 2.73 bits per heavy atom. The highest BCUT2D eigenvalue weighted by Gasteiger charge is 2.36. The van der Waals surface area contributed by atoms with Crippen LogP contribution in [0, 0.1) is 0 Å². The molecule has 2 saturated heterocycles. The van der Waals surface area contributed by atoms with Crippen molar-refractivity contribution in [3.8, 4) is 5.69 Å². The molecule has 2 aliphatic heterocycles. The molecule has 3 heterocycles. The van der Waals surface area contributed by atoms with Gasteiger partial charge in [-0.05, 0) is 18.2 Å². The van der Waals surface area contributed by atoms with Crippen LogP contribution >= 0.6 is 0 Å². The van der Waals surface area contributed by atoms with Gasteiger partial charge in [-0.15, -0.1) is 0 Å². The van der Waals surface area contributed by atoms with Crippen LogP contribution < -0.4 is 5.32 Å². The van der Waals surface area contributed by atoms with Gasteiger partial charge in [0.1, 0.15) is 0 Å². The molecule has 0 radical (unpaired) electrons. The molecule has 2 aromatic rings. The van der Waals surface area contributed by atoms with Gasteiger partial charge in [0.05, 0.1) is 17.4 Å². The second-order valence-corrected chi connectivity index (χ2v) is 5.86. The predicted octanol–water partition coefficient (Wildman–Crippen LogP) is 1.08. The number of para-hydroxylation sites is 1. The van der Waals surface area contributed by atoms with Gasteiger partial charge < -0.3 is 10.2 Å². The number of hydrogen-bond acceptors (Lipinski definition) is 3. The van der Waals surface area contributed by atoms with Crippen molar-refractivity contribution in [3.63, 3.8) is 0 Å². The van der Waals surface area contributed by atoms with Crippen molar-refractivity contribution >= 4 is 6.03 Å². The molecule has 6 heteroatoms. The first-order valence-corrected chi connectivity index (χ1v) is 7.66. The molecule has 1 aromatic carbocycles. The van der Waals surface area contributed by atoms with E-state index in [1.807, 2.05) is 46.1 Å². The maximum absolute atomic E-state index is 11.6. The van der Waals surface area contributed by atoms with Gasteiger partial charge in [-0.3, -0.25) is 4.90 Å². The lowest BCUT2D eigenvalue weighted by Gasteiger charge is -2.43. The highest BCUT2D eigenvalue weighted by molar-refractivity contribution is 5.76. The Morgan fingerprint density at radius 2 is 2.00 bits per heavy atom. The summed E-state index contributed by atoms with van der Waals surface area (Å²) in [4.78, 5) is 15.9. The summed E-state index contributed by atoms with van der Waals surface area (Å²) in [5.41, 5.74) is 2.14. The minimum atomic E-state index is 0.0815. The summed E-state index contributed by atoms with van der Waals surface area (Å²) >= 11 is 0. The van der Waals surface area contributed by atoms with E-state index in [2.05, 4.69) is 21.4 Å². The highest BCUT2D eigenvalue weighted by atomic mass is 16.2. The van der Waals surface area contributed by atoms with Crippen molar-refractivity contribution in [2.75, 3.05) is 26.2 Å². The minimum absolute atomic E-state index is 0.0815. The Hall–Kier alpha value is -2.34. The Bertz CT molecular complexity index is 662. The second-order valence-electron chi connectivity index (χ2n) is 5.86. The van der Waals surface area contributed by atoms with Gasteiger partial charge in [-0.25, -0.2) is 9.48 Å². The van der Waals surface area contributed by atoms with Gasteiger partial charge in [-0.1, -0.05) is 18.2 Å². The summed E-state index contributed by atoms with van der Waals surface area (Å²) in [6.45, 7) is 4.32. The topological polar surface area (TPSA) is 53.4 Å². The van der Waals surface area contributed by atoms with Gasteiger partial charge in [0, 0.05) is 38.9 Å². The maximum atomic E-state index is 11.6. The third-order valence-electron chi connectivity index (χ3n) is 4.32. The van der Waals surface area contributed by atoms with Gasteiger partial charge >= 0.3 is 6.03 Å². The standard InChI is InChI=1S/C16H19N5O/c22-16-17-7-9-20(16)15-11-19(12-15)10-13-6-8-21(18-13)14-4-2-1-3-5-14/h1-6,8,15H,7,9-12H2,(H,17,22). The molecule has 2 fully saturated rings. The number of carbonyl (C=O) groups excluding carboxylic acids is 1. The van der Waals surface area contributed by atoms with Crippen LogP contribution in [0.2, 0.25) is 0 Å². The van der Waals surface area contributed by atoms with Crippen LogP contribution in [0.5, 0.6) is 0 Å². The van der Waals surface area contributed by atoms with Crippen molar-refractivity contribution < 1.29 is 4.79 Å². The van der Waals surface area contributed by atoms with Crippen LogP contribution in [0.3, 0.4) is 0 Å². The molecule has 6 nitrogen and oxygen atoms in total. The first-order valence-electron chi connectivity index (χ1n) is 7.66. The smallest absolute Gasteiger partial charge is 0.317 e. The number of rotatable bonds is 4. The Balaban J connectivity index is 1.34. The van der Waals surface area contributed by atoms with Gasteiger partial charge in [0.2, 0.25) is 0 Å². The van der Waals surface area contributed by atoms with E-state index in [9.17, 15) is 4.79 Å². The van der Waals surface area contributed by atoms with E-state index in [-0.39, 0.29) is 6.03 Å². The number of hydrogen-bond donors (Lipinski definition) is 1. The number of amides is 2. The molecule has 0 aliphatic carbocycles. The van der Waals surface area contributed by atoms with E-state index in [0.717, 1.165) is 44.1 Å². The zero-order chi connectivity index (χ0) is 14.9. The van der Waals surface area contributed by atoms with E-state index in [0.29, 0.717) is 6.04 Å². The van der Waals surface area contributed by atoms with E-state index in [1.165, 1.54) is 0 Å². The summed E-state index contributed by atoms with van der Waals surface area (Å²) < 4.78 is 1.90. The molecule has 2 aliphatic rings.